The van der Waals surface area contributed by atoms with E-state index in [9.17, 15) is 0 Å². The molecule has 0 spiro atoms. The molecule has 0 atom stereocenters. The second kappa shape index (κ2) is 22.3. The van der Waals surface area contributed by atoms with Crippen LogP contribution in [0.4, 0.5) is 0 Å². The lowest BCUT2D eigenvalue weighted by Crippen LogP contribution is -2.91. The van der Waals surface area contributed by atoms with E-state index in [2.05, 4.69) is 60.7 Å². The van der Waals surface area contributed by atoms with Crippen molar-refractivity contribution in [1.29, 1.82) is 0 Å². The molecule has 6 aliphatic heterocycles. The minimum Gasteiger partial charge on any atom is -0.373 e. The lowest BCUT2D eigenvalue weighted by Gasteiger charge is -2.67. The summed E-state index contributed by atoms with van der Waals surface area (Å²) in [4.78, 5) is 0. The predicted molar refractivity (Wildman–Crippen MR) is 307 cm³/mol. The molecule has 0 aromatic heterocycles. The first-order valence-corrected chi connectivity index (χ1v) is 46.8. The van der Waals surface area contributed by atoms with Crippen molar-refractivity contribution in [2.24, 2.45) is 0 Å². The first kappa shape index (κ1) is 54.1. The molecule has 0 radical (unpaired) electrons. The van der Waals surface area contributed by atoms with Crippen LogP contribution in [0.2, 0.25) is 38.8 Å². The van der Waals surface area contributed by atoms with Crippen molar-refractivity contribution in [3.8, 4) is 0 Å². The summed E-state index contributed by atoms with van der Waals surface area (Å²) < 4.78 is 114. The highest BCUT2D eigenvalue weighted by molar-refractivity contribution is 7.69. The van der Waals surface area contributed by atoms with Crippen molar-refractivity contribution >= 4 is 89.4 Å². The second-order valence-corrected chi connectivity index (χ2v) is 52.7. The van der Waals surface area contributed by atoms with Crippen molar-refractivity contribution in [3.05, 3.63) is 60.7 Å². The number of hydrogen-bond acceptors (Lipinski definition) is 13. The topological polar surface area (TPSA) is 120 Å². The van der Waals surface area contributed by atoms with Crippen molar-refractivity contribution < 1.29 is 53.6 Å². The fourth-order valence-electron chi connectivity index (χ4n) is 16.3. The van der Waals surface area contributed by atoms with Gasteiger partial charge in [0.15, 0.2) is 0 Å². The molecule has 0 unspecified atom stereocenters. The zero-order chi connectivity index (χ0) is 50.8. The molecule has 0 N–H and O–H groups in total. The highest BCUT2D eigenvalue weighted by atomic mass is 31.1. The SMILES string of the molecule is c1ccc(P(O[Si]23O[Si]4(C5CCCCC5)O[Si]5(C6CCCCC6)O[Si](C6CCCCC6)(O2)O[Si]2(C6CCCCC6)O[Si](C6CCCCC6)(O3)O[Si](C3CCCCC3)(O4)O[Si](C3CCCCC3)(O5)O2)c2ccccc2)cc1. The Morgan fingerprint density at radius 3 is 0.632 bits per heavy atom. The van der Waals surface area contributed by atoms with E-state index in [4.69, 9.17) is 53.6 Å². The highest BCUT2D eigenvalue weighted by Crippen LogP contribution is 2.66. The molecular formula is C54H87O13PSi8. The van der Waals surface area contributed by atoms with Gasteiger partial charge in [0, 0.05) is 49.4 Å². The molecule has 76 heavy (non-hydrogen) atoms. The molecular weight excluding hydrogens is 1110 g/mol. The zero-order valence-corrected chi connectivity index (χ0v) is 54.2. The van der Waals surface area contributed by atoms with Crippen molar-refractivity contribution in [3.63, 3.8) is 0 Å². The van der Waals surface area contributed by atoms with E-state index in [1.54, 1.807) is 0 Å². The van der Waals surface area contributed by atoms with Crippen molar-refractivity contribution in [2.75, 3.05) is 0 Å². The average Bonchev–Trinajstić information content (AvgIpc) is 3.64. The average molecular weight is 1200 g/mol. The maximum Gasteiger partial charge on any atom is 0.661 e. The van der Waals surface area contributed by atoms with E-state index in [1.165, 1.54) is 25.7 Å². The van der Waals surface area contributed by atoms with E-state index in [-0.39, 0.29) is 38.8 Å². The molecule has 7 aliphatic carbocycles. The maximum atomic E-state index is 8.80. The van der Waals surface area contributed by atoms with Crippen LogP contribution in [0.5, 0.6) is 0 Å². The first-order chi connectivity index (χ1) is 37.3. The molecule has 0 amide bonds. The molecule has 418 valence electrons. The summed E-state index contributed by atoms with van der Waals surface area (Å²) in [5, 5.41) is 2.10. The van der Waals surface area contributed by atoms with Crippen LogP contribution >= 0.6 is 8.15 Å². The summed E-state index contributed by atoms with van der Waals surface area (Å²) in [6.07, 6.45) is 36.2. The zero-order valence-electron chi connectivity index (χ0n) is 45.3. The Morgan fingerprint density at radius 1 is 0.250 bits per heavy atom. The van der Waals surface area contributed by atoms with E-state index in [0.29, 0.717) is 0 Å². The van der Waals surface area contributed by atoms with Crippen LogP contribution in [0.25, 0.3) is 0 Å². The minimum atomic E-state index is -4.77. The summed E-state index contributed by atoms with van der Waals surface area (Å²) in [6.45, 7) is 0. The molecule has 13 fully saturated rings. The number of rotatable bonds is 11. The Labute approximate surface area is 464 Å². The Balaban J connectivity index is 1.10. The van der Waals surface area contributed by atoms with Crippen molar-refractivity contribution in [2.45, 2.75) is 264 Å². The van der Waals surface area contributed by atoms with Gasteiger partial charge in [-0.05, 0) is 89.9 Å². The van der Waals surface area contributed by atoms with E-state index in [1.807, 2.05) is 0 Å². The van der Waals surface area contributed by atoms with E-state index < -0.39 is 78.8 Å². The standard InChI is InChI=1S/C54H87O13PSi8/c1-10-28-46(29-11-1)68(47-30-12-2-13-31-47)55-76-65-73(52-40-22-7-23-41-52)59-70(49-34-16-4-17-35-49)56-69(48-32-14-3-15-33-48)57-71(61-73,50-36-18-5-19-37-50)63-75(67-76,54-44-26-9-27-45-54)64-72(58-69,51-38-20-6-21-39-51)62-74(60-70,66-76)53-42-24-8-25-43-53/h1-2,10-13,28-31,48-54H,3-9,14-27,32-45H2. The Hall–Kier alpha value is 0.0851. The fraction of sp³-hybridized carbons (Fsp3) is 0.778. The van der Waals surface area contributed by atoms with E-state index >= 15 is 0 Å². The molecule has 2 aromatic carbocycles. The Kier molecular flexibility index (Phi) is 15.8. The molecule has 13 nitrogen and oxygen atoms in total. The highest BCUT2D eigenvalue weighted by Gasteiger charge is 2.89. The summed E-state index contributed by atoms with van der Waals surface area (Å²) in [7, 11) is -35.7. The molecule has 6 saturated heterocycles. The normalized spacial score (nSPS) is 42.1. The number of benzene rings is 2. The molecule has 2 aromatic rings. The Morgan fingerprint density at radius 2 is 0.434 bits per heavy atom. The second-order valence-electron chi connectivity index (χ2n) is 25.4. The largest absolute Gasteiger partial charge is 0.661 e. The molecule has 7 saturated carbocycles. The van der Waals surface area contributed by atoms with Crippen molar-refractivity contribution in [1.82, 2.24) is 0 Å². The third-order valence-corrected chi connectivity index (χ3v) is 61.4. The van der Waals surface area contributed by atoms with Crippen LogP contribution in [-0.4, -0.2) is 70.7 Å². The van der Waals surface area contributed by atoms with Gasteiger partial charge in [-0.25, -0.2) is 0 Å². The summed E-state index contributed by atoms with van der Waals surface area (Å²) in [5.74, 6) is 0. The monoisotopic (exact) mass is 1200 g/mol. The molecule has 8 bridgehead atoms. The van der Waals surface area contributed by atoms with Gasteiger partial charge in [-0.1, -0.05) is 196 Å². The van der Waals surface area contributed by atoms with Crippen LogP contribution < -0.4 is 10.6 Å². The third-order valence-electron chi connectivity index (χ3n) is 20.3. The summed E-state index contributed by atoms with van der Waals surface area (Å²) in [6, 6.07) is 21.5. The predicted octanol–water partition coefficient (Wildman–Crippen LogP) is 14.7. The van der Waals surface area contributed by atoms with Gasteiger partial charge in [0.25, 0.3) is 0 Å². The molecule has 22 heteroatoms. The van der Waals surface area contributed by atoms with Gasteiger partial charge < -0.3 is 53.6 Å². The smallest absolute Gasteiger partial charge is 0.373 e. The van der Waals surface area contributed by atoms with E-state index in [0.717, 1.165) is 210 Å². The van der Waals surface area contributed by atoms with Gasteiger partial charge in [0.2, 0.25) is 0 Å². The van der Waals surface area contributed by atoms with Gasteiger partial charge in [-0.15, -0.1) is 0 Å². The van der Waals surface area contributed by atoms with Gasteiger partial charge in [-0.3, -0.25) is 0 Å². The van der Waals surface area contributed by atoms with Crippen LogP contribution in [0, 0.1) is 0 Å². The lowest BCUT2D eigenvalue weighted by molar-refractivity contribution is -0.0642. The molecule has 6 heterocycles. The number of hydrogen-bond donors (Lipinski definition) is 0. The van der Waals surface area contributed by atoms with Gasteiger partial charge in [0.05, 0.1) is 8.15 Å². The molecule has 13 aliphatic rings. The summed E-state index contributed by atoms with van der Waals surface area (Å²) in [5.41, 5.74) is -0.317. The molecule has 15 rings (SSSR count). The maximum absolute atomic E-state index is 8.80. The van der Waals surface area contributed by atoms with Gasteiger partial charge in [-0.2, -0.15) is 0 Å². The third kappa shape index (κ3) is 9.98. The lowest BCUT2D eigenvalue weighted by atomic mass is 10.0. The fourth-order valence-corrected chi connectivity index (χ4v) is 73.9. The van der Waals surface area contributed by atoms with Crippen LogP contribution in [-0.2, 0) is 53.6 Å². The Bertz CT molecular complexity index is 2050. The quantitative estimate of drug-likeness (QED) is 0.157. The van der Waals surface area contributed by atoms with Gasteiger partial charge in [0.1, 0.15) is 0 Å². The first-order valence-electron chi connectivity index (χ1n) is 31.3. The van der Waals surface area contributed by atoms with Gasteiger partial charge >= 0.3 is 70.7 Å². The van der Waals surface area contributed by atoms with Crippen LogP contribution in [0.15, 0.2) is 60.7 Å². The van der Waals surface area contributed by atoms with Crippen LogP contribution in [0.3, 0.4) is 0 Å². The van der Waals surface area contributed by atoms with Crippen LogP contribution in [0.1, 0.15) is 225 Å². The minimum absolute atomic E-state index is 0.0107. The summed E-state index contributed by atoms with van der Waals surface area (Å²) >= 11 is 0.